The Balaban J connectivity index is 1.14. The molecular formula is C62H55Cl2N9O17. The third kappa shape index (κ3) is 12.1. The van der Waals surface area contributed by atoms with E-state index in [1.165, 1.54) is 78.7 Å². The number of hydrogen-bond acceptors (Lipinski definition) is 19. The molecule has 6 aliphatic rings. The lowest BCUT2D eigenvalue weighted by molar-refractivity contribution is -0.139. The van der Waals surface area contributed by atoms with Gasteiger partial charge in [-0.1, -0.05) is 47.5 Å². The van der Waals surface area contributed by atoms with Crippen LogP contribution in [0, 0.1) is 0 Å². The van der Waals surface area contributed by atoms with Crippen molar-refractivity contribution in [2.75, 3.05) is 27.2 Å². The average Bonchev–Trinajstić information content (AvgIpc) is 0.978. The largest absolute Gasteiger partial charge is 0.508 e. The molecule has 0 saturated heterocycles. The molecule has 0 fully saturated rings. The number of fused-ring (bicyclic) bond motifs is 14. The molecule has 16 N–H and O–H groups in total. The van der Waals surface area contributed by atoms with Gasteiger partial charge in [0.15, 0.2) is 23.0 Å². The number of carbonyl (C=O) groups excluding carboxylic acids is 7. The number of amides is 7. The van der Waals surface area contributed by atoms with E-state index in [1.54, 1.807) is 7.05 Å². The number of phenolic OH excluding ortho intramolecular Hbond substituents is 6. The molecular weight excluding hydrogens is 1210 g/mol. The Morgan fingerprint density at radius 3 is 1.83 bits per heavy atom. The second kappa shape index (κ2) is 24.6. The zero-order valence-electron chi connectivity index (χ0n) is 47.2. The lowest BCUT2D eigenvalue weighted by Crippen LogP contribution is -2.56. The summed E-state index contributed by atoms with van der Waals surface area (Å²) in [5.74, 6) is -13.3. The number of halogens is 2. The molecule has 0 aliphatic carbocycles. The van der Waals surface area contributed by atoms with Crippen LogP contribution in [0.25, 0.3) is 11.1 Å². The van der Waals surface area contributed by atoms with Crippen LogP contribution in [-0.4, -0.2) is 121 Å². The summed E-state index contributed by atoms with van der Waals surface area (Å²) in [5.41, 5.74) is 5.05. The van der Waals surface area contributed by atoms with Gasteiger partial charge in [0, 0.05) is 49.8 Å². The lowest BCUT2D eigenvalue weighted by Gasteiger charge is -2.32. The van der Waals surface area contributed by atoms with Crippen molar-refractivity contribution in [3.63, 3.8) is 0 Å². The average molecular weight is 1270 g/mol. The van der Waals surface area contributed by atoms with Gasteiger partial charge in [-0.2, -0.15) is 0 Å². The quantitative estimate of drug-likeness (QED) is 0.115. The van der Waals surface area contributed by atoms with Crippen molar-refractivity contribution in [3.8, 4) is 80.1 Å². The summed E-state index contributed by atoms with van der Waals surface area (Å²) in [6, 6.07) is 9.41. The minimum absolute atomic E-state index is 0.0528. The lowest BCUT2D eigenvalue weighted by atomic mass is 9.89. The highest BCUT2D eigenvalue weighted by Gasteiger charge is 2.42. The number of aromatic hydroxyl groups is 6. The first-order valence-corrected chi connectivity index (χ1v) is 28.4. The molecule has 28 heteroatoms. The van der Waals surface area contributed by atoms with Gasteiger partial charge >= 0.3 is 0 Å². The maximum Gasteiger partial charge on any atom is 0.249 e. The molecule has 6 aliphatic heterocycles. The minimum atomic E-state index is -2.15. The van der Waals surface area contributed by atoms with Crippen molar-refractivity contribution in [3.05, 3.63) is 164 Å². The van der Waals surface area contributed by atoms with Crippen molar-refractivity contribution in [1.82, 2.24) is 42.1 Å². The molecule has 17 bridgehead atoms. The van der Waals surface area contributed by atoms with Crippen molar-refractivity contribution in [2.45, 2.75) is 54.8 Å². The molecule has 0 radical (unpaired) electrons. The summed E-state index contributed by atoms with van der Waals surface area (Å²) >= 11 is 13.8. The van der Waals surface area contributed by atoms with Gasteiger partial charge < -0.3 is 97.8 Å². The molecule has 26 nitrogen and oxygen atoms in total. The number of aliphatic hydroxyl groups is 1. The zero-order valence-corrected chi connectivity index (χ0v) is 48.7. The molecule has 7 amide bonds. The van der Waals surface area contributed by atoms with Crippen LogP contribution in [0.1, 0.15) is 75.3 Å². The van der Waals surface area contributed by atoms with E-state index >= 15 is 19.2 Å². The molecule has 13 rings (SSSR count). The molecule has 7 aromatic rings. The first-order valence-electron chi connectivity index (χ1n) is 27.6. The maximum atomic E-state index is 15.8. The number of nitrogens with two attached hydrogens (primary N) is 1. The van der Waals surface area contributed by atoms with Gasteiger partial charge in [0.05, 0.1) is 10.0 Å². The van der Waals surface area contributed by atoms with Gasteiger partial charge in [-0.25, -0.2) is 0 Å². The van der Waals surface area contributed by atoms with Gasteiger partial charge in [0.1, 0.15) is 88.6 Å². The number of phenols is 6. The normalized spacial score (nSPS) is 21.4. The topological polar surface area (TPSA) is 402 Å². The fourth-order valence-electron chi connectivity index (χ4n) is 10.8. The van der Waals surface area contributed by atoms with Crippen LogP contribution in [0.4, 0.5) is 0 Å². The van der Waals surface area contributed by atoms with Crippen LogP contribution < -0.4 is 57.2 Å². The Kier molecular flexibility index (Phi) is 16.7. The number of ether oxygens (including phenoxy) is 3. The highest BCUT2D eigenvalue weighted by atomic mass is 35.5. The summed E-state index contributed by atoms with van der Waals surface area (Å²) < 4.78 is 18.5. The monoisotopic (exact) mass is 1270 g/mol. The molecule has 0 unspecified atom stereocenters. The predicted octanol–water partition coefficient (Wildman–Crippen LogP) is 4.58. The van der Waals surface area contributed by atoms with E-state index in [9.17, 15) is 50.1 Å². The minimum Gasteiger partial charge on any atom is -0.508 e. The fourth-order valence-corrected chi connectivity index (χ4v) is 11.3. The van der Waals surface area contributed by atoms with E-state index in [4.69, 9.17) is 43.1 Å². The second-order valence-corrected chi connectivity index (χ2v) is 22.4. The van der Waals surface area contributed by atoms with Crippen LogP contribution >= 0.6 is 23.2 Å². The van der Waals surface area contributed by atoms with E-state index in [0.29, 0.717) is 5.56 Å². The van der Waals surface area contributed by atoms with Gasteiger partial charge in [-0.3, -0.25) is 33.6 Å². The standard InChI is InChI=1S/C62H55Cl2N9O17/c1-66-11-12-73(2)62(87)52-35-23-32(75)24-41(78)47(35)34-17-27(5-7-39(34)76)49-58(83)72-53(61(86)71-52)54(79)28-6-10-43(37(64)18-28)90-46-21-30-20-45(55(46)80)89-42-9-3-25(13-36(42)63)14-38-56(81)68-50(59(84)70-51(30)60(85)69-49)29-15-31(74)22-33(16-29)88-44-19-26(4-8-40(44)77)48(65)57(82)67-38/h3-10,13,15-24,38,48-54,66,74-80H,11-12,14,65H2,1-2H3,(H,67,82)(H,68,81)(H,69,85)(H,70,84)(H,71,86)(H,72,83)/t38-,48-,49-,50+,51-,52+,53+,54-/m1/s1. The number of hydrogen-bond donors (Lipinski definition) is 15. The molecule has 464 valence electrons. The highest BCUT2D eigenvalue weighted by Crippen LogP contribution is 2.48. The van der Waals surface area contributed by atoms with E-state index in [0.717, 1.165) is 48.5 Å². The molecule has 6 heterocycles. The van der Waals surface area contributed by atoms with Crippen molar-refractivity contribution >= 4 is 64.6 Å². The predicted molar refractivity (Wildman–Crippen MR) is 319 cm³/mol. The van der Waals surface area contributed by atoms with Gasteiger partial charge in [-0.15, -0.1) is 0 Å². The Hall–Kier alpha value is -10.5. The van der Waals surface area contributed by atoms with Crippen molar-refractivity contribution in [2.24, 2.45) is 5.73 Å². The van der Waals surface area contributed by atoms with Crippen LogP contribution in [0.3, 0.4) is 0 Å². The van der Waals surface area contributed by atoms with Gasteiger partial charge in [0.25, 0.3) is 0 Å². The summed E-state index contributed by atoms with van der Waals surface area (Å²) in [7, 11) is 3.04. The summed E-state index contributed by atoms with van der Waals surface area (Å²) in [6.45, 7) is 0.310. The fraction of sp³-hybridized carbons (Fsp3) is 0.210. The summed E-state index contributed by atoms with van der Waals surface area (Å²) in [6.07, 6.45) is -2.41. The van der Waals surface area contributed by atoms with Crippen LogP contribution in [0.5, 0.6) is 69.0 Å². The van der Waals surface area contributed by atoms with Crippen LogP contribution in [-0.2, 0) is 40.0 Å². The number of aliphatic hydroxyl groups excluding tert-OH is 1. The van der Waals surface area contributed by atoms with Crippen LogP contribution in [0.15, 0.2) is 115 Å². The number of nitrogens with zero attached hydrogens (tertiary/aromatic N) is 1. The van der Waals surface area contributed by atoms with E-state index < -0.39 is 136 Å². The van der Waals surface area contributed by atoms with Crippen molar-refractivity contribution in [1.29, 1.82) is 0 Å². The molecule has 90 heavy (non-hydrogen) atoms. The van der Waals surface area contributed by atoms with Gasteiger partial charge in [0.2, 0.25) is 47.1 Å². The first-order chi connectivity index (χ1) is 42.9. The van der Waals surface area contributed by atoms with E-state index in [-0.39, 0.29) is 97.1 Å². The number of rotatable bonds is 4. The third-order valence-electron chi connectivity index (χ3n) is 15.5. The number of benzene rings is 7. The molecule has 0 spiro atoms. The van der Waals surface area contributed by atoms with E-state index in [2.05, 4.69) is 37.2 Å². The Morgan fingerprint density at radius 2 is 1.16 bits per heavy atom. The summed E-state index contributed by atoms with van der Waals surface area (Å²) in [5, 5.41) is 99.2. The zero-order chi connectivity index (χ0) is 64.1. The first kappa shape index (κ1) is 61.1. The number of nitrogens with one attached hydrogen (secondary N) is 7. The maximum absolute atomic E-state index is 15.8. The van der Waals surface area contributed by atoms with Crippen LogP contribution in [0.2, 0.25) is 10.0 Å². The number of likely N-dealkylation sites (N-methyl/N-ethyl adjacent to an activating group) is 2. The Morgan fingerprint density at radius 1 is 0.567 bits per heavy atom. The van der Waals surface area contributed by atoms with Gasteiger partial charge in [-0.05, 0) is 125 Å². The highest BCUT2D eigenvalue weighted by molar-refractivity contribution is 6.32. The molecule has 8 atom stereocenters. The third-order valence-corrected chi connectivity index (χ3v) is 16.1. The molecule has 0 saturated carbocycles. The van der Waals surface area contributed by atoms with Crippen molar-refractivity contribution < 1.29 is 83.5 Å². The Labute approximate surface area is 520 Å². The summed E-state index contributed by atoms with van der Waals surface area (Å²) in [4.78, 5) is 107. The SMILES string of the molecule is CNCCN(C)C(=O)[C@H]1NC(=O)[C@H]2NC(=O)[C@H](NC(=O)[C@@H]3NC(=O)[C@H]4NC(=O)[C@@H](Cc5ccc(c(Cl)c5)Oc5cc3cc(c5O)Oc3ccc(cc3Cl)[C@H]2O)NC(=O)[C@H](N)c2ccc(O)c(c2)Oc2cc(O)cc4c2)c2ccc(O)c(c2)-c2c(O)cc(O)cc21. The smallest absolute Gasteiger partial charge is 0.249 e. The number of carbonyl (C=O) groups is 7. The molecule has 7 aromatic carbocycles. The Bertz CT molecular complexity index is 4150. The van der Waals surface area contributed by atoms with E-state index in [1.807, 2.05) is 0 Å². The second-order valence-electron chi connectivity index (χ2n) is 21.6. The molecule has 0 aromatic heterocycles.